The fraction of sp³-hybridized carbons (Fsp3) is 0.800. The third-order valence-corrected chi connectivity index (χ3v) is 4.27. The van der Waals surface area contributed by atoms with Crippen LogP contribution in [-0.4, -0.2) is 38.2 Å². The maximum atomic E-state index is 9.20. The minimum absolute atomic E-state index is 0.0393. The van der Waals surface area contributed by atoms with Gasteiger partial charge < -0.3 is 9.67 Å². The van der Waals surface area contributed by atoms with Crippen LogP contribution in [0.15, 0.2) is 6.33 Å². The molecule has 2 rings (SSSR count). The molecule has 0 bridgehead atoms. The van der Waals surface area contributed by atoms with Gasteiger partial charge in [-0.3, -0.25) is 4.90 Å². The Morgan fingerprint density at radius 2 is 2.16 bits per heavy atom. The van der Waals surface area contributed by atoms with Gasteiger partial charge in [0.1, 0.15) is 0 Å². The summed E-state index contributed by atoms with van der Waals surface area (Å²) in [4.78, 5) is 6.85. The summed E-state index contributed by atoms with van der Waals surface area (Å²) in [5.41, 5.74) is 2.18. The summed E-state index contributed by atoms with van der Waals surface area (Å²) in [6.45, 7) is 12.4. The van der Waals surface area contributed by atoms with Crippen molar-refractivity contribution in [3.05, 3.63) is 17.7 Å². The highest BCUT2D eigenvalue weighted by Gasteiger charge is 2.28. The van der Waals surface area contributed by atoms with Gasteiger partial charge in [-0.25, -0.2) is 4.98 Å². The van der Waals surface area contributed by atoms with Crippen molar-refractivity contribution in [2.75, 3.05) is 13.1 Å². The van der Waals surface area contributed by atoms with Crippen LogP contribution in [0, 0.1) is 12.8 Å². The first kappa shape index (κ1) is 14.5. The minimum atomic E-state index is 0.0393. The molecule has 0 radical (unpaired) electrons. The smallest absolute Gasteiger partial charge is 0.0952 e. The van der Waals surface area contributed by atoms with Crippen LogP contribution in [0.3, 0.4) is 0 Å². The summed E-state index contributed by atoms with van der Waals surface area (Å²) in [5.74, 6) is 0.687. The van der Waals surface area contributed by atoms with Crippen LogP contribution < -0.4 is 0 Å². The Hall–Kier alpha value is -0.870. The van der Waals surface area contributed by atoms with Crippen molar-refractivity contribution in [2.24, 2.45) is 5.92 Å². The Morgan fingerprint density at radius 1 is 1.42 bits per heavy atom. The highest BCUT2D eigenvalue weighted by molar-refractivity contribution is 5.09. The molecule has 0 spiro atoms. The Kier molecular flexibility index (Phi) is 4.31. The van der Waals surface area contributed by atoms with E-state index in [1.165, 1.54) is 19.4 Å². The number of hydrogen-bond donors (Lipinski definition) is 1. The third-order valence-electron chi connectivity index (χ3n) is 4.27. The molecular weight excluding hydrogens is 238 g/mol. The lowest BCUT2D eigenvalue weighted by Crippen LogP contribution is -2.47. The first-order valence-electron chi connectivity index (χ1n) is 7.28. The van der Waals surface area contributed by atoms with Crippen LogP contribution in [0.1, 0.15) is 45.0 Å². The van der Waals surface area contributed by atoms with Gasteiger partial charge in [-0.1, -0.05) is 0 Å². The van der Waals surface area contributed by atoms with E-state index < -0.39 is 0 Å². The molecule has 4 nitrogen and oxygen atoms in total. The van der Waals surface area contributed by atoms with Crippen molar-refractivity contribution < 1.29 is 5.11 Å². The Balaban J connectivity index is 2.01. The van der Waals surface area contributed by atoms with E-state index in [1.807, 2.05) is 13.3 Å². The number of likely N-dealkylation sites (tertiary alicyclic amines) is 1. The lowest BCUT2D eigenvalue weighted by molar-refractivity contribution is 0.0732. The highest BCUT2D eigenvalue weighted by Crippen LogP contribution is 2.25. The first-order chi connectivity index (χ1) is 8.91. The molecule has 1 fully saturated rings. The van der Waals surface area contributed by atoms with Crippen molar-refractivity contribution in [2.45, 2.75) is 59.2 Å². The molecule has 2 heterocycles. The molecule has 108 valence electrons. The van der Waals surface area contributed by atoms with Crippen molar-refractivity contribution in [3.8, 4) is 0 Å². The average Bonchev–Trinajstić information content (AvgIpc) is 2.70. The van der Waals surface area contributed by atoms with Crippen molar-refractivity contribution in [3.63, 3.8) is 0 Å². The van der Waals surface area contributed by atoms with E-state index in [0.29, 0.717) is 5.92 Å². The van der Waals surface area contributed by atoms with E-state index in [-0.39, 0.29) is 12.1 Å². The number of piperidine rings is 1. The summed E-state index contributed by atoms with van der Waals surface area (Å²) in [6.07, 6.45) is 4.44. The quantitative estimate of drug-likeness (QED) is 0.911. The van der Waals surface area contributed by atoms with Gasteiger partial charge in [0.25, 0.3) is 0 Å². The van der Waals surface area contributed by atoms with Crippen LogP contribution in [-0.2, 0) is 13.2 Å². The van der Waals surface area contributed by atoms with Gasteiger partial charge >= 0.3 is 0 Å². The maximum Gasteiger partial charge on any atom is 0.0952 e. The lowest BCUT2D eigenvalue weighted by Gasteiger charge is -2.41. The van der Waals surface area contributed by atoms with Crippen molar-refractivity contribution in [1.29, 1.82) is 0 Å². The monoisotopic (exact) mass is 265 g/mol. The number of nitrogens with zero attached hydrogens (tertiary/aromatic N) is 3. The van der Waals surface area contributed by atoms with Crippen LogP contribution in [0.2, 0.25) is 0 Å². The van der Waals surface area contributed by atoms with Crippen LogP contribution in [0.5, 0.6) is 0 Å². The second-order valence-corrected chi connectivity index (χ2v) is 6.71. The second-order valence-electron chi connectivity index (χ2n) is 6.71. The van der Waals surface area contributed by atoms with Gasteiger partial charge in [-0.2, -0.15) is 0 Å². The van der Waals surface area contributed by atoms with E-state index in [2.05, 4.69) is 35.2 Å². The topological polar surface area (TPSA) is 41.3 Å². The van der Waals surface area contributed by atoms with Crippen LogP contribution in [0.4, 0.5) is 0 Å². The first-order valence-corrected chi connectivity index (χ1v) is 7.28. The van der Waals surface area contributed by atoms with Crippen LogP contribution >= 0.6 is 0 Å². The fourth-order valence-corrected chi connectivity index (χ4v) is 2.93. The fourth-order valence-electron chi connectivity index (χ4n) is 2.93. The second kappa shape index (κ2) is 5.63. The van der Waals surface area contributed by atoms with Crippen molar-refractivity contribution >= 4 is 0 Å². The predicted octanol–water partition coefficient (Wildman–Crippen LogP) is 2.19. The Bertz CT molecular complexity index is 420. The molecule has 0 unspecified atom stereocenters. The molecule has 0 aromatic carbocycles. The number of aliphatic hydroxyl groups excluding tert-OH is 1. The summed E-state index contributed by atoms with van der Waals surface area (Å²) < 4.78 is 2.20. The molecule has 19 heavy (non-hydrogen) atoms. The molecule has 1 aromatic rings. The number of aromatic nitrogens is 2. The van der Waals surface area contributed by atoms with Gasteiger partial charge in [0.2, 0.25) is 0 Å². The predicted molar refractivity (Wildman–Crippen MR) is 76.9 cm³/mol. The normalized spacial score (nSPS) is 21.8. The molecule has 0 aliphatic carbocycles. The van der Waals surface area contributed by atoms with E-state index >= 15 is 0 Å². The molecule has 1 aromatic heterocycles. The van der Waals surface area contributed by atoms with E-state index in [9.17, 15) is 5.11 Å². The molecule has 1 atom stereocenters. The summed E-state index contributed by atoms with van der Waals surface area (Å²) in [7, 11) is 0. The highest BCUT2D eigenvalue weighted by atomic mass is 16.3. The molecule has 1 N–H and O–H groups in total. The largest absolute Gasteiger partial charge is 0.390 e. The van der Waals surface area contributed by atoms with Gasteiger partial charge in [0.05, 0.1) is 18.6 Å². The number of aliphatic hydroxyl groups is 1. The van der Waals surface area contributed by atoms with Gasteiger partial charge in [0.15, 0.2) is 0 Å². The molecule has 4 heteroatoms. The summed E-state index contributed by atoms with van der Waals surface area (Å²) in [6, 6.07) is 0. The summed E-state index contributed by atoms with van der Waals surface area (Å²) >= 11 is 0. The van der Waals surface area contributed by atoms with Gasteiger partial charge in [0, 0.05) is 24.3 Å². The number of hydrogen-bond acceptors (Lipinski definition) is 3. The molecule has 0 amide bonds. The molecule has 1 aliphatic rings. The minimum Gasteiger partial charge on any atom is -0.390 e. The number of imidazole rings is 1. The standard InChI is InChI=1S/C15H27N3O/c1-12-14(10-19)16-11-17(12)8-13-6-5-7-18(9-13)15(2,3)4/h11,13,19H,5-10H2,1-4H3/t13-/m0/s1. The van der Waals surface area contributed by atoms with E-state index in [4.69, 9.17) is 0 Å². The summed E-state index contributed by atoms with van der Waals surface area (Å²) in [5, 5.41) is 9.20. The lowest BCUT2D eigenvalue weighted by atomic mass is 9.93. The Morgan fingerprint density at radius 3 is 2.74 bits per heavy atom. The number of rotatable bonds is 3. The third kappa shape index (κ3) is 3.37. The van der Waals surface area contributed by atoms with Crippen LogP contribution in [0.25, 0.3) is 0 Å². The SMILES string of the molecule is Cc1c(CO)ncn1C[C@@H]1CCCN(C(C)(C)C)C1. The zero-order chi connectivity index (χ0) is 14.0. The molecule has 0 saturated carbocycles. The van der Waals surface area contributed by atoms with Gasteiger partial charge in [-0.15, -0.1) is 0 Å². The zero-order valence-electron chi connectivity index (χ0n) is 12.7. The maximum absolute atomic E-state index is 9.20. The average molecular weight is 265 g/mol. The zero-order valence-corrected chi connectivity index (χ0v) is 12.7. The Labute approximate surface area is 116 Å². The van der Waals surface area contributed by atoms with E-state index in [1.54, 1.807) is 0 Å². The van der Waals surface area contributed by atoms with Crippen molar-refractivity contribution in [1.82, 2.24) is 14.5 Å². The molecule has 1 aliphatic heterocycles. The van der Waals surface area contributed by atoms with E-state index in [0.717, 1.165) is 24.5 Å². The van der Waals surface area contributed by atoms with Gasteiger partial charge in [-0.05, 0) is 53.0 Å². The molecular formula is C15H27N3O. The molecule has 1 saturated heterocycles.